The molecular weight excluding hydrogens is 429 g/mol. The first kappa shape index (κ1) is 21.0. The summed E-state index contributed by atoms with van der Waals surface area (Å²) in [5, 5.41) is 19.7. The van der Waals surface area contributed by atoms with Crippen LogP contribution in [0.15, 0.2) is 59.4 Å². The fourth-order valence-electron chi connectivity index (χ4n) is 3.86. The minimum Gasteiger partial charge on any atom is -0.394 e. The maximum absolute atomic E-state index is 15.4. The fourth-order valence-corrected chi connectivity index (χ4v) is 3.86. The Bertz CT molecular complexity index is 1140. The average Bonchev–Trinajstić information content (AvgIpc) is 3.43. The number of aliphatic hydroxyl groups excluding tert-OH is 1. The minimum atomic E-state index is -0.408. The second-order valence-corrected chi connectivity index (χ2v) is 7.71. The van der Waals surface area contributed by atoms with E-state index in [9.17, 15) is 4.79 Å². The molecule has 1 aromatic heterocycles. The normalized spacial score (nSPS) is 17.6. The number of anilines is 2. The molecule has 3 aliphatic heterocycles. The zero-order valence-electron chi connectivity index (χ0n) is 17.8. The molecule has 0 bridgehead atoms. The van der Waals surface area contributed by atoms with Crippen molar-refractivity contribution >= 4 is 23.6 Å². The first-order valence-corrected chi connectivity index (χ1v) is 10.6. The van der Waals surface area contributed by atoms with E-state index in [0.29, 0.717) is 30.9 Å². The second kappa shape index (κ2) is 8.92. The number of carbonyl (C=O) groups is 1. The number of aliphatic imine (C=N–C) groups is 1. The van der Waals surface area contributed by atoms with E-state index >= 15 is 4.39 Å². The summed E-state index contributed by atoms with van der Waals surface area (Å²) in [5.74, 6) is -0.553. The van der Waals surface area contributed by atoms with Gasteiger partial charge in [0.1, 0.15) is 17.7 Å². The summed E-state index contributed by atoms with van der Waals surface area (Å²) in [4.78, 5) is 18.1. The Hall–Kier alpha value is -3.90. The Morgan fingerprint density at radius 1 is 1.30 bits per heavy atom. The summed E-state index contributed by atoms with van der Waals surface area (Å²) in [6, 6.07) is 5.11. The average molecular weight is 453 g/mol. The lowest BCUT2D eigenvalue weighted by Crippen LogP contribution is -2.48. The number of amides is 1. The van der Waals surface area contributed by atoms with Crippen molar-refractivity contribution in [2.24, 2.45) is 4.99 Å². The van der Waals surface area contributed by atoms with Gasteiger partial charge in [-0.05, 0) is 6.07 Å². The summed E-state index contributed by atoms with van der Waals surface area (Å²) < 4.78 is 17.0. The van der Waals surface area contributed by atoms with E-state index in [4.69, 9.17) is 5.11 Å². The second-order valence-electron chi connectivity index (χ2n) is 7.71. The topological polar surface area (TPSA) is 113 Å². The van der Waals surface area contributed by atoms with Crippen LogP contribution in [0.4, 0.5) is 15.8 Å². The van der Waals surface area contributed by atoms with Gasteiger partial charge in [-0.1, -0.05) is 12.1 Å². The maximum Gasteiger partial charge on any atom is 0.241 e. The third-order valence-corrected chi connectivity index (χ3v) is 5.48. The highest BCUT2D eigenvalue weighted by Gasteiger charge is 2.27. The van der Waals surface area contributed by atoms with Crippen LogP contribution in [0.1, 0.15) is 5.56 Å². The lowest BCUT2D eigenvalue weighted by Gasteiger charge is -2.29. The highest BCUT2D eigenvalue weighted by atomic mass is 19.1. The van der Waals surface area contributed by atoms with Crippen molar-refractivity contribution in [3.8, 4) is 0 Å². The molecule has 12 heteroatoms. The van der Waals surface area contributed by atoms with Crippen LogP contribution < -0.4 is 21.1 Å². The number of fused-ring (bicyclic) bond motifs is 1. The number of hydrogen-bond acceptors (Lipinski definition) is 9. The standard InChI is InChI=1S/C21H24FN9O2/c22-21-15(2-1-3-18(21)30-5-4-23-10-20(30)33)11-31-19-13-29(14-24-17(19)9-26-31)27-16-8-25-28(12-16)6-7-32/h1-3,8-9,12-14,23,26-27,32H,4-7,10-11H2. The summed E-state index contributed by atoms with van der Waals surface area (Å²) in [6.45, 7) is 1.92. The van der Waals surface area contributed by atoms with Crippen LogP contribution in [0.3, 0.4) is 0 Å². The van der Waals surface area contributed by atoms with Crippen molar-refractivity contribution in [2.75, 3.05) is 36.6 Å². The molecule has 1 aromatic carbocycles. The molecule has 33 heavy (non-hydrogen) atoms. The summed E-state index contributed by atoms with van der Waals surface area (Å²) in [6.07, 6.45) is 8.64. The lowest BCUT2D eigenvalue weighted by molar-refractivity contribution is -0.118. The monoisotopic (exact) mass is 453 g/mol. The van der Waals surface area contributed by atoms with Crippen LogP contribution in [0, 0.1) is 5.82 Å². The Balaban J connectivity index is 1.31. The largest absolute Gasteiger partial charge is 0.394 e. The van der Waals surface area contributed by atoms with Gasteiger partial charge in [-0.25, -0.2) is 14.4 Å². The van der Waals surface area contributed by atoms with Crippen molar-refractivity contribution in [1.82, 2.24) is 30.5 Å². The van der Waals surface area contributed by atoms with Crippen LogP contribution in [-0.2, 0) is 17.9 Å². The Kier molecular flexibility index (Phi) is 5.67. The summed E-state index contributed by atoms with van der Waals surface area (Å²) in [5.41, 5.74) is 9.25. The zero-order valence-corrected chi connectivity index (χ0v) is 17.8. The molecule has 1 fully saturated rings. The van der Waals surface area contributed by atoms with Gasteiger partial charge in [0.25, 0.3) is 0 Å². The Morgan fingerprint density at radius 2 is 2.21 bits per heavy atom. The van der Waals surface area contributed by atoms with Gasteiger partial charge >= 0.3 is 0 Å². The molecule has 4 heterocycles. The molecule has 0 spiro atoms. The number of hydrazine groups is 2. The molecule has 4 N–H and O–H groups in total. The van der Waals surface area contributed by atoms with Crippen LogP contribution >= 0.6 is 0 Å². The fraction of sp³-hybridized carbons (Fsp3) is 0.286. The van der Waals surface area contributed by atoms with Gasteiger partial charge in [0.05, 0.1) is 50.0 Å². The van der Waals surface area contributed by atoms with E-state index in [1.807, 2.05) is 6.20 Å². The molecule has 0 unspecified atom stereocenters. The lowest BCUT2D eigenvalue weighted by atomic mass is 10.1. The molecular formula is C21H24FN9O2. The molecule has 2 aromatic rings. The third kappa shape index (κ3) is 4.25. The Morgan fingerprint density at radius 3 is 3.06 bits per heavy atom. The van der Waals surface area contributed by atoms with Crippen molar-refractivity contribution < 1.29 is 14.3 Å². The first-order chi connectivity index (χ1) is 16.1. The smallest absolute Gasteiger partial charge is 0.241 e. The van der Waals surface area contributed by atoms with Crippen LogP contribution in [0.2, 0.25) is 0 Å². The number of piperazine rings is 1. The predicted molar refractivity (Wildman–Crippen MR) is 120 cm³/mol. The number of halogens is 1. The van der Waals surface area contributed by atoms with E-state index in [1.54, 1.807) is 57.8 Å². The highest BCUT2D eigenvalue weighted by molar-refractivity contribution is 5.95. The van der Waals surface area contributed by atoms with Gasteiger partial charge in [0.2, 0.25) is 5.91 Å². The summed E-state index contributed by atoms with van der Waals surface area (Å²) in [7, 11) is 0. The van der Waals surface area contributed by atoms with E-state index < -0.39 is 5.82 Å². The number of aromatic nitrogens is 2. The van der Waals surface area contributed by atoms with Crippen LogP contribution in [0.5, 0.6) is 0 Å². The van der Waals surface area contributed by atoms with Gasteiger partial charge < -0.3 is 20.7 Å². The van der Waals surface area contributed by atoms with Gasteiger partial charge in [-0.3, -0.25) is 19.9 Å². The number of nitrogens with zero attached hydrogens (tertiary/aromatic N) is 6. The predicted octanol–water partition coefficient (Wildman–Crippen LogP) is 0.325. The molecule has 0 saturated carbocycles. The Labute approximate surface area is 189 Å². The minimum absolute atomic E-state index is 0.00565. The number of rotatable bonds is 7. The first-order valence-electron chi connectivity index (χ1n) is 10.6. The van der Waals surface area contributed by atoms with E-state index in [-0.39, 0.29) is 25.6 Å². The number of nitrogens with one attached hydrogen (secondary N) is 3. The van der Waals surface area contributed by atoms with Crippen molar-refractivity contribution in [3.63, 3.8) is 0 Å². The van der Waals surface area contributed by atoms with Crippen molar-refractivity contribution in [2.45, 2.75) is 13.1 Å². The molecule has 11 nitrogen and oxygen atoms in total. The van der Waals surface area contributed by atoms with Gasteiger partial charge in [-0.15, -0.1) is 0 Å². The van der Waals surface area contributed by atoms with Gasteiger partial charge in [0, 0.05) is 31.0 Å². The molecule has 0 radical (unpaired) electrons. The molecule has 3 aliphatic rings. The zero-order chi connectivity index (χ0) is 22.8. The van der Waals surface area contributed by atoms with Crippen molar-refractivity contribution in [3.05, 3.63) is 65.8 Å². The number of carbonyl (C=O) groups excluding carboxylic acids is 1. The van der Waals surface area contributed by atoms with Gasteiger partial charge in [-0.2, -0.15) is 5.10 Å². The molecule has 172 valence electrons. The molecule has 5 rings (SSSR count). The van der Waals surface area contributed by atoms with Crippen LogP contribution in [0.25, 0.3) is 0 Å². The number of benzene rings is 1. The summed E-state index contributed by atoms with van der Waals surface area (Å²) >= 11 is 0. The van der Waals surface area contributed by atoms with Gasteiger partial charge in [0.15, 0.2) is 5.82 Å². The quantitative estimate of drug-likeness (QED) is 0.474. The number of aliphatic hydroxyl groups is 1. The molecule has 1 amide bonds. The maximum atomic E-state index is 15.4. The van der Waals surface area contributed by atoms with Crippen molar-refractivity contribution in [1.29, 1.82) is 0 Å². The SMILES string of the molecule is O=C1CNCCN1c1cccc(CN2NC=C3N=CN(Nc4cnn(CCO)c4)C=C32)c1F. The third-order valence-electron chi connectivity index (χ3n) is 5.48. The van der Waals surface area contributed by atoms with E-state index in [2.05, 4.69) is 26.3 Å². The molecule has 1 saturated heterocycles. The van der Waals surface area contributed by atoms with E-state index in [0.717, 1.165) is 17.1 Å². The van der Waals surface area contributed by atoms with Crippen LogP contribution in [-0.4, -0.2) is 63.4 Å². The molecule has 0 atom stereocenters. The highest BCUT2D eigenvalue weighted by Crippen LogP contribution is 2.29. The van der Waals surface area contributed by atoms with E-state index in [1.165, 1.54) is 4.90 Å². The number of hydrogen-bond donors (Lipinski definition) is 4. The molecule has 0 aliphatic carbocycles.